The smallest absolute Gasteiger partial charge is 0.357 e. The molecule has 1 fully saturated rings. The second-order valence-electron chi connectivity index (χ2n) is 8.25. The number of nitrogens with one attached hydrogen (secondary N) is 3. The van der Waals surface area contributed by atoms with Gasteiger partial charge in [-0.3, -0.25) is 0 Å². The second-order valence-corrected chi connectivity index (χ2v) is 8.25. The van der Waals surface area contributed by atoms with Crippen LogP contribution in [0, 0.1) is 6.92 Å². The van der Waals surface area contributed by atoms with Crippen LogP contribution in [-0.4, -0.2) is 55.1 Å². The summed E-state index contributed by atoms with van der Waals surface area (Å²) in [5.74, 6) is 1.57. The van der Waals surface area contributed by atoms with Crippen LogP contribution in [0.3, 0.4) is 0 Å². The number of anilines is 4. The molecule has 11 nitrogen and oxygen atoms in total. The van der Waals surface area contributed by atoms with Gasteiger partial charge in [0.05, 0.1) is 11.9 Å². The molecule has 11 heteroatoms. The minimum Gasteiger partial charge on any atom is -0.456 e. The van der Waals surface area contributed by atoms with Crippen molar-refractivity contribution in [2.24, 2.45) is 0 Å². The van der Waals surface area contributed by atoms with Gasteiger partial charge in [0.25, 0.3) is 0 Å². The Labute approximate surface area is 207 Å². The largest absolute Gasteiger partial charge is 0.456 e. The second kappa shape index (κ2) is 10.8. The highest BCUT2D eigenvalue weighted by atomic mass is 16.5. The summed E-state index contributed by atoms with van der Waals surface area (Å²) in [5, 5.41) is 9.48. The van der Waals surface area contributed by atoms with Gasteiger partial charge in [0.1, 0.15) is 29.1 Å². The van der Waals surface area contributed by atoms with Crippen molar-refractivity contribution in [3.8, 4) is 11.5 Å². The molecule has 1 aliphatic heterocycles. The van der Waals surface area contributed by atoms with Crippen molar-refractivity contribution in [1.82, 2.24) is 35.2 Å². The summed E-state index contributed by atoms with van der Waals surface area (Å²) >= 11 is 0. The zero-order valence-electron chi connectivity index (χ0n) is 19.7. The maximum atomic E-state index is 12.4. The third-order valence-corrected chi connectivity index (χ3v) is 5.44. The van der Waals surface area contributed by atoms with Crippen molar-refractivity contribution >= 4 is 29.2 Å². The molecule has 36 heavy (non-hydrogen) atoms. The number of rotatable bonds is 7. The number of hydrogen-bond donors (Lipinski definition) is 3. The number of piperidine rings is 1. The molecular weight excluding hydrogens is 458 g/mol. The van der Waals surface area contributed by atoms with E-state index in [4.69, 9.17) is 4.74 Å². The van der Waals surface area contributed by atoms with Crippen LogP contribution in [0.4, 0.5) is 23.3 Å². The van der Waals surface area contributed by atoms with E-state index in [0.29, 0.717) is 41.3 Å². The monoisotopic (exact) mass is 483 g/mol. The van der Waals surface area contributed by atoms with Crippen LogP contribution in [0.25, 0.3) is 11.5 Å². The Hall–Kier alpha value is -4.51. The summed E-state index contributed by atoms with van der Waals surface area (Å²) in [6.45, 7) is 3.55. The fraction of sp³-hybridized carbons (Fsp3) is 0.240. The fourth-order valence-electron chi connectivity index (χ4n) is 3.69. The van der Waals surface area contributed by atoms with Gasteiger partial charge < -0.3 is 20.7 Å². The van der Waals surface area contributed by atoms with E-state index < -0.39 is 5.97 Å². The maximum absolute atomic E-state index is 12.4. The van der Waals surface area contributed by atoms with Crippen molar-refractivity contribution in [3.05, 3.63) is 72.4 Å². The molecule has 5 heterocycles. The number of pyridine rings is 2. The Morgan fingerprint density at radius 1 is 0.972 bits per heavy atom. The van der Waals surface area contributed by atoms with Gasteiger partial charge in [-0.2, -0.15) is 4.98 Å². The van der Waals surface area contributed by atoms with Crippen LogP contribution in [0.1, 0.15) is 29.0 Å². The van der Waals surface area contributed by atoms with Crippen LogP contribution >= 0.6 is 0 Å². The van der Waals surface area contributed by atoms with Crippen LogP contribution in [0.2, 0.25) is 0 Å². The average Bonchev–Trinajstić information content (AvgIpc) is 2.90. The lowest BCUT2D eigenvalue weighted by Crippen LogP contribution is -2.36. The first-order valence-corrected chi connectivity index (χ1v) is 11.6. The number of carbonyl (C=O) groups excluding carboxylic acids is 1. The summed E-state index contributed by atoms with van der Waals surface area (Å²) in [6.07, 6.45) is 6.57. The Balaban J connectivity index is 1.23. The Morgan fingerprint density at radius 3 is 2.61 bits per heavy atom. The Morgan fingerprint density at radius 2 is 1.83 bits per heavy atom. The van der Waals surface area contributed by atoms with E-state index in [9.17, 15) is 4.79 Å². The molecule has 1 atom stereocenters. The van der Waals surface area contributed by atoms with E-state index in [2.05, 4.69) is 45.9 Å². The molecule has 3 N–H and O–H groups in total. The van der Waals surface area contributed by atoms with Gasteiger partial charge in [0, 0.05) is 24.6 Å². The topological polar surface area (TPSA) is 140 Å². The normalized spacial score (nSPS) is 15.2. The predicted octanol–water partition coefficient (Wildman–Crippen LogP) is 3.43. The molecule has 0 saturated carbocycles. The lowest BCUT2D eigenvalue weighted by atomic mass is 10.1. The molecule has 0 amide bonds. The van der Waals surface area contributed by atoms with E-state index in [-0.39, 0.29) is 11.8 Å². The fourth-order valence-corrected chi connectivity index (χ4v) is 3.69. The van der Waals surface area contributed by atoms with Gasteiger partial charge in [-0.1, -0.05) is 6.07 Å². The highest BCUT2D eigenvalue weighted by Crippen LogP contribution is 2.19. The molecule has 5 rings (SSSR count). The molecule has 0 unspecified atom stereocenters. The van der Waals surface area contributed by atoms with Crippen LogP contribution in [0.5, 0.6) is 0 Å². The lowest BCUT2D eigenvalue weighted by molar-refractivity contribution is 0.0239. The van der Waals surface area contributed by atoms with E-state index in [1.54, 1.807) is 42.9 Å². The molecule has 0 aliphatic carbocycles. The molecule has 1 saturated heterocycles. The van der Waals surface area contributed by atoms with E-state index >= 15 is 0 Å². The summed E-state index contributed by atoms with van der Waals surface area (Å²) < 4.78 is 5.52. The molecule has 4 aromatic rings. The molecule has 1 aliphatic rings. The number of aromatic nitrogens is 6. The average molecular weight is 484 g/mol. The van der Waals surface area contributed by atoms with Crippen LogP contribution in [0.15, 0.2) is 61.1 Å². The van der Waals surface area contributed by atoms with Gasteiger partial charge in [0.15, 0.2) is 5.82 Å². The molecule has 0 aromatic carbocycles. The number of nitrogens with zero attached hydrogens (tertiary/aromatic N) is 6. The van der Waals surface area contributed by atoms with Crippen molar-refractivity contribution in [2.45, 2.75) is 25.9 Å². The van der Waals surface area contributed by atoms with E-state index in [0.717, 1.165) is 25.1 Å². The molecule has 182 valence electrons. The van der Waals surface area contributed by atoms with E-state index in [1.807, 2.05) is 25.1 Å². The van der Waals surface area contributed by atoms with Crippen molar-refractivity contribution in [2.75, 3.05) is 23.7 Å². The number of hydrogen-bond acceptors (Lipinski definition) is 11. The van der Waals surface area contributed by atoms with Crippen molar-refractivity contribution < 1.29 is 9.53 Å². The van der Waals surface area contributed by atoms with Gasteiger partial charge >= 0.3 is 5.97 Å². The van der Waals surface area contributed by atoms with E-state index in [1.165, 1.54) is 0 Å². The third-order valence-electron chi connectivity index (χ3n) is 5.44. The lowest BCUT2D eigenvalue weighted by Gasteiger charge is -2.22. The first-order chi connectivity index (χ1) is 17.6. The zero-order valence-corrected chi connectivity index (χ0v) is 19.7. The highest BCUT2D eigenvalue weighted by Gasteiger charge is 2.19. The molecule has 0 bridgehead atoms. The van der Waals surface area contributed by atoms with Crippen LogP contribution < -0.4 is 16.0 Å². The molecule has 4 aromatic heterocycles. The summed E-state index contributed by atoms with van der Waals surface area (Å²) in [4.78, 5) is 38.6. The standard InChI is InChI=1S/C25H25N9O2/c1-16-4-2-6-19(30-16)23-27-12-9-21(33-23)32-22-10-13-28-25(34-22)31-17-7-8-20(29-14-17)24(35)36-18-5-3-11-26-15-18/h2,4,6-10,12-14,18,26H,3,5,11,15H2,1H3,(H2,27,28,31,32,33,34)/t18-/m1/s1. The maximum Gasteiger partial charge on any atom is 0.357 e. The quantitative estimate of drug-likeness (QED) is 0.333. The number of esters is 1. The van der Waals surface area contributed by atoms with Gasteiger partial charge in [0.2, 0.25) is 5.95 Å². The highest BCUT2D eigenvalue weighted by molar-refractivity contribution is 5.87. The van der Waals surface area contributed by atoms with Gasteiger partial charge in [-0.15, -0.1) is 0 Å². The van der Waals surface area contributed by atoms with Gasteiger partial charge in [-0.05, 0) is 62.7 Å². The molecular formula is C25H25N9O2. The van der Waals surface area contributed by atoms with Crippen LogP contribution in [-0.2, 0) is 4.74 Å². The third kappa shape index (κ3) is 5.94. The Bertz CT molecular complexity index is 1340. The summed E-state index contributed by atoms with van der Waals surface area (Å²) in [6, 6.07) is 12.5. The van der Waals surface area contributed by atoms with Gasteiger partial charge in [-0.25, -0.2) is 29.7 Å². The number of ether oxygens (including phenoxy) is 1. The minimum atomic E-state index is -0.428. The Kier molecular flexibility index (Phi) is 6.99. The first-order valence-electron chi connectivity index (χ1n) is 11.6. The van der Waals surface area contributed by atoms with Crippen molar-refractivity contribution in [3.63, 3.8) is 0 Å². The predicted molar refractivity (Wildman–Crippen MR) is 134 cm³/mol. The summed E-state index contributed by atoms with van der Waals surface area (Å²) in [5.41, 5.74) is 2.48. The number of carbonyl (C=O) groups is 1. The molecule has 0 spiro atoms. The number of aryl methyl sites for hydroxylation is 1. The SMILES string of the molecule is Cc1cccc(-c2nccc(Nc3ccnc(Nc4ccc(C(=O)O[C@@H]5CCCNC5)nc4)n3)n2)n1. The zero-order chi connectivity index (χ0) is 24.7. The molecule has 0 radical (unpaired) electrons. The minimum absolute atomic E-state index is 0.117. The summed E-state index contributed by atoms with van der Waals surface area (Å²) in [7, 11) is 0. The van der Waals surface area contributed by atoms with Crippen molar-refractivity contribution in [1.29, 1.82) is 0 Å². The first kappa shape index (κ1) is 23.2.